The molecule has 0 spiro atoms. The average Bonchev–Trinajstić information content (AvgIpc) is 3.07. The number of hydrogen-bond acceptors (Lipinski definition) is 7. The number of H-pyrrole nitrogens is 1. The molecule has 23 heavy (non-hydrogen) atoms. The van der Waals surface area contributed by atoms with Gasteiger partial charge in [0.2, 0.25) is 0 Å². The zero-order valence-electron chi connectivity index (χ0n) is 13.0. The van der Waals surface area contributed by atoms with Crippen LogP contribution in [0.2, 0.25) is 0 Å². The molecule has 4 rings (SSSR count). The summed E-state index contributed by atoms with van der Waals surface area (Å²) in [5, 5.41) is 9.61. The van der Waals surface area contributed by atoms with E-state index in [1.807, 2.05) is 20.8 Å². The van der Waals surface area contributed by atoms with Gasteiger partial charge in [-0.25, -0.2) is 9.97 Å². The van der Waals surface area contributed by atoms with Crippen LogP contribution in [0.25, 0.3) is 11.2 Å². The number of imidazole rings is 1. The highest BCUT2D eigenvalue weighted by molar-refractivity contribution is 5.69. The van der Waals surface area contributed by atoms with Crippen LogP contribution < -0.4 is 5.56 Å². The molecular formula is C14H18N4O5. The molecule has 4 heterocycles. The number of nitrogens with zero attached hydrogens (tertiary/aromatic N) is 3. The number of aliphatic hydroxyl groups excluding tert-OH is 1. The first-order chi connectivity index (χ1) is 10.9. The summed E-state index contributed by atoms with van der Waals surface area (Å²) in [6.07, 6.45) is 1.22. The highest BCUT2D eigenvalue weighted by Crippen LogP contribution is 2.51. The van der Waals surface area contributed by atoms with Gasteiger partial charge in [-0.15, -0.1) is 0 Å². The summed E-state index contributed by atoms with van der Waals surface area (Å²) < 4.78 is 19.6. The zero-order valence-corrected chi connectivity index (χ0v) is 13.0. The Morgan fingerprint density at radius 2 is 2.17 bits per heavy atom. The van der Waals surface area contributed by atoms with Crippen molar-refractivity contribution in [3.05, 3.63) is 23.0 Å². The molecule has 0 bridgehead atoms. The Labute approximate surface area is 131 Å². The topological polar surface area (TPSA) is 111 Å². The van der Waals surface area contributed by atoms with Crippen molar-refractivity contribution >= 4 is 11.2 Å². The van der Waals surface area contributed by atoms with Crippen LogP contribution in [0.4, 0.5) is 0 Å². The van der Waals surface area contributed by atoms with Gasteiger partial charge < -0.3 is 24.3 Å². The highest BCUT2D eigenvalue weighted by atomic mass is 16.8. The van der Waals surface area contributed by atoms with E-state index in [9.17, 15) is 9.90 Å². The molecule has 1 unspecified atom stereocenters. The smallest absolute Gasteiger partial charge is 0.278 e. The van der Waals surface area contributed by atoms with Crippen LogP contribution in [0.1, 0.15) is 27.0 Å². The normalized spacial score (nSPS) is 35.7. The molecule has 2 aromatic rings. The lowest BCUT2D eigenvalue weighted by atomic mass is 9.96. The van der Waals surface area contributed by atoms with Crippen LogP contribution in [-0.2, 0) is 14.2 Å². The van der Waals surface area contributed by atoms with Crippen LogP contribution in [-0.4, -0.2) is 54.8 Å². The molecule has 9 nitrogen and oxygen atoms in total. The molecule has 0 aliphatic carbocycles. The second kappa shape index (κ2) is 4.60. The number of rotatable bonds is 2. The third-order valence-corrected chi connectivity index (χ3v) is 4.37. The number of aromatic amines is 1. The Morgan fingerprint density at radius 1 is 1.39 bits per heavy atom. The van der Waals surface area contributed by atoms with E-state index in [1.54, 1.807) is 4.57 Å². The number of hydrogen-bond donors (Lipinski definition) is 2. The Morgan fingerprint density at radius 3 is 2.91 bits per heavy atom. The fourth-order valence-electron chi connectivity index (χ4n) is 3.56. The van der Waals surface area contributed by atoms with E-state index >= 15 is 0 Å². The summed E-state index contributed by atoms with van der Waals surface area (Å²) in [5.74, 6) is -0.795. The third kappa shape index (κ3) is 1.97. The summed E-state index contributed by atoms with van der Waals surface area (Å²) >= 11 is 0. The summed E-state index contributed by atoms with van der Waals surface area (Å²) in [7, 11) is 0. The van der Waals surface area contributed by atoms with Crippen molar-refractivity contribution < 1.29 is 19.3 Å². The van der Waals surface area contributed by atoms with Crippen LogP contribution >= 0.6 is 0 Å². The van der Waals surface area contributed by atoms with Gasteiger partial charge in [0, 0.05) is 0 Å². The number of aliphatic hydroxyl groups is 1. The Kier molecular flexibility index (Phi) is 2.95. The minimum absolute atomic E-state index is 0.198. The maximum Gasteiger partial charge on any atom is 0.278 e. The molecular weight excluding hydrogens is 304 g/mol. The van der Waals surface area contributed by atoms with Crippen molar-refractivity contribution in [3.63, 3.8) is 0 Å². The first-order valence-corrected chi connectivity index (χ1v) is 7.40. The van der Waals surface area contributed by atoms with Crippen molar-refractivity contribution in [3.8, 4) is 0 Å². The zero-order chi connectivity index (χ0) is 16.4. The van der Waals surface area contributed by atoms with Gasteiger partial charge in [0.25, 0.3) is 5.56 Å². The van der Waals surface area contributed by atoms with E-state index in [0.29, 0.717) is 5.65 Å². The number of nitrogens with one attached hydrogen (secondary N) is 1. The molecule has 0 saturated carbocycles. The molecule has 2 N–H and O–H groups in total. The van der Waals surface area contributed by atoms with Gasteiger partial charge in [-0.2, -0.15) is 0 Å². The third-order valence-electron chi connectivity index (χ3n) is 4.37. The number of aromatic nitrogens is 4. The predicted molar refractivity (Wildman–Crippen MR) is 77.6 cm³/mol. The maximum absolute atomic E-state index is 11.8. The molecule has 4 atom stereocenters. The quantitative estimate of drug-likeness (QED) is 0.795. The minimum Gasteiger partial charge on any atom is -0.394 e. The van der Waals surface area contributed by atoms with Gasteiger partial charge in [-0.05, 0) is 20.8 Å². The van der Waals surface area contributed by atoms with Gasteiger partial charge in [-0.3, -0.25) is 9.36 Å². The Hall–Kier alpha value is -1.81. The summed E-state index contributed by atoms with van der Waals surface area (Å²) in [4.78, 5) is 22.6. The summed E-state index contributed by atoms with van der Waals surface area (Å²) in [5.41, 5.74) is -0.544. The van der Waals surface area contributed by atoms with E-state index < -0.39 is 29.8 Å². The maximum atomic E-state index is 11.8. The molecule has 0 amide bonds. The molecule has 0 aromatic carbocycles. The van der Waals surface area contributed by atoms with Gasteiger partial charge in [0.05, 0.1) is 19.3 Å². The first-order valence-electron chi connectivity index (χ1n) is 7.40. The van der Waals surface area contributed by atoms with E-state index in [2.05, 4.69) is 15.0 Å². The molecule has 2 aliphatic rings. The predicted octanol–water partition coefficient (Wildman–Crippen LogP) is -0.0805. The second-order valence-corrected chi connectivity index (χ2v) is 6.49. The van der Waals surface area contributed by atoms with Gasteiger partial charge in [0.1, 0.15) is 17.8 Å². The van der Waals surface area contributed by atoms with Crippen molar-refractivity contribution in [2.45, 2.75) is 50.6 Å². The Balaban J connectivity index is 1.84. The molecule has 2 aromatic heterocycles. The molecule has 2 fully saturated rings. The minimum atomic E-state index is -0.838. The van der Waals surface area contributed by atoms with Crippen LogP contribution in [0, 0.1) is 0 Å². The first kappa shape index (κ1) is 14.8. The van der Waals surface area contributed by atoms with Crippen molar-refractivity contribution in [1.29, 1.82) is 0 Å². The average molecular weight is 322 g/mol. The van der Waals surface area contributed by atoms with Crippen molar-refractivity contribution in [2.24, 2.45) is 0 Å². The van der Waals surface area contributed by atoms with Crippen LogP contribution in [0.15, 0.2) is 17.4 Å². The lowest BCUT2D eigenvalue weighted by molar-refractivity contribution is -0.217. The lowest BCUT2D eigenvalue weighted by Gasteiger charge is -2.30. The molecule has 0 radical (unpaired) electrons. The highest BCUT2D eigenvalue weighted by Gasteiger charge is 2.64. The van der Waals surface area contributed by atoms with Crippen LogP contribution in [0.3, 0.4) is 0 Å². The lowest BCUT2D eigenvalue weighted by Crippen LogP contribution is -2.42. The van der Waals surface area contributed by atoms with Gasteiger partial charge in [-0.1, -0.05) is 0 Å². The standard InChI is InChI=1S/C14H18N4O5/c1-13(2)22-9-7(4-19)21-12(14(9,3)23-13)18-6-17-8-10(18)15-5-16-11(8)20/h5-7,9,12,19H,4H2,1-3H3,(H,15,16,20)/t7-,9+,12-,14?/m1/s1. The fraction of sp³-hybridized carbons (Fsp3) is 0.643. The van der Waals surface area contributed by atoms with E-state index in [1.165, 1.54) is 12.7 Å². The fourth-order valence-corrected chi connectivity index (χ4v) is 3.56. The van der Waals surface area contributed by atoms with Crippen molar-refractivity contribution in [1.82, 2.24) is 19.5 Å². The Bertz CT molecular complexity index is 815. The SMILES string of the molecule is CC1(C)O[C@H]2[C@@H](CO)O[C@@H](n3cnc4c(=O)[nH]cnc43)C2(C)O1. The largest absolute Gasteiger partial charge is 0.394 e. The van der Waals surface area contributed by atoms with E-state index in [0.717, 1.165) is 0 Å². The van der Waals surface area contributed by atoms with Crippen LogP contribution in [0.5, 0.6) is 0 Å². The van der Waals surface area contributed by atoms with E-state index in [4.69, 9.17) is 14.2 Å². The van der Waals surface area contributed by atoms with Gasteiger partial charge in [0.15, 0.2) is 23.2 Å². The second-order valence-electron chi connectivity index (χ2n) is 6.49. The van der Waals surface area contributed by atoms with Gasteiger partial charge >= 0.3 is 0 Å². The molecule has 2 saturated heterocycles. The molecule has 124 valence electrons. The molecule has 2 aliphatic heterocycles. The summed E-state index contributed by atoms with van der Waals surface area (Å²) in [6, 6.07) is 0. The number of fused-ring (bicyclic) bond motifs is 2. The molecule has 9 heteroatoms. The van der Waals surface area contributed by atoms with Crippen molar-refractivity contribution in [2.75, 3.05) is 6.61 Å². The van der Waals surface area contributed by atoms with E-state index in [-0.39, 0.29) is 17.7 Å². The monoisotopic (exact) mass is 322 g/mol. The summed E-state index contributed by atoms with van der Waals surface area (Å²) in [6.45, 7) is 5.30. The number of ether oxygens (including phenoxy) is 3.